The van der Waals surface area contributed by atoms with Crippen molar-refractivity contribution < 1.29 is 9.53 Å². The van der Waals surface area contributed by atoms with Gasteiger partial charge in [-0.2, -0.15) is 0 Å². The van der Waals surface area contributed by atoms with Crippen LogP contribution in [0, 0.1) is 0 Å². The van der Waals surface area contributed by atoms with E-state index in [2.05, 4.69) is 0 Å². The van der Waals surface area contributed by atoms with E-state index in [1.807, 2.05) is 0 Å². The molecule has 0 aliphatic carbocycles. The minimum absolute atomic E-state index is 0.182. The first-order valence-corrected chi connectivity index (χ1v) is 5.55. The zero-order valence-electron chi connectivity index (χ0n) is 10.5. The van der Waals surface area contributed by atoms with Gasteiger partial charge in [0.2, 0.25) is 5.91 Å². The van der Waals surface area contributed by atoms with Crippen LogP contribution in [0.1, 0.15) is 13.8 Å². The molecule has 0 aliphatic heterocycles. The number of ether oxygens (including phenoxy) is 1. The van der Waals surface area contributed by atoms with Crippen LogP contribution in [0.4, 0.5) is 5.69 Å². The number of carbonyl (C=O) groups excluding carboxylic acids is 1. The van der Waals surface area contributed by atoms with E-state index in [1.54, 1.807) is 46.2 Å². The van der Waals surface area contributed by atoms with E-state index in [0.717, 1.165) is 0 Å². The number of halogens is 1. The van der Waals surface area contributed by atoms with Crippen molar-refractivity contribution in [2.75, 3.05) is 19.1 Å². The second-order valence-corrected chi connectivity index (χ2v) is 4.81. The van der Waals surface area contributed by atoms with Gasteiger partial charge in [0.05, 0.1) is 17.7 Å². The molecule has 0 spiro atoms. The van der Waals surface area contributed by atoms with Gasteiger partial charge in [-0.3, -0.25) is 4.79 Å². The normalized spacial score (nSPS) is 11.2. The Kier molecular flexibility index (Phi) is 4.01. The molecule has 0 aromatic heterocycles. The number of methoxy groups -OCH3 is 1. The molecule has 0 fully saturated rings. The van der Waals surface area contributed by atoms with E-state index in [4.69, 9.17) is 22.1 Å². The first kappa shape index (κ1) is 13.8. The second-order valence-electron chi connectivity index (χ2n) is 4.40. The summed E-state index contributed by atoms with van der Waals surface area (Å²) in [6, 6.07) is 5.14. The lowest BCUT2D eigenvalue weighted by Gasteiger charge is -2.26. The molecule has 0 saturated carbocycles. The molecule has 0 heterocycles. The van der Waals surface area contributed by atoms with E-state index < -0.39 is 5.54 Å². The Balaban J connectivity index is 3.02. The largest absolute Gasteiger partial charge is 0.495 e. The summed E-state index contributed by atoms with van der Waals surface area (Å²) in [5.41, 5.74) is 5.53. The van der Waals surface area contributed by atoms with Gasteiger partial charge in [-0.15, -0.1) is 0 Å². The summed E-state index contributed by atoms with van der Waals surface area (Å²) in [5.74, 6) is 0.391. The number of likely N-dealkylation sites (N-methyl/N-ethyl adjacent to an activating group) is 1. The number of carbonyl (C=O) groups is 1. The van der Waals surface area contributed by atoms with E-state index in [0.29, 0.717) is 16.5 Å². The van der Waals surface area contributed by atoms with Crippen LogP contribution in [0.15, 0.2) is 18.2 Å². The monoisotopic (exact) mass is 256 g/mol. The minimum atomic E-state index is -0.916. The molecule has 2 N–H and O–H groups in total. The molecule has 1 rings (SSSR count). The lowest BCUT2D eigenvalue weighted by molar-refractivity contribution is -0.122. The highest BCUT2D eigenvalue weighted by Crippen LogP contribution is 2.29. The molecular weight excluding hydrogens is 240 g/mol. The van der Waals surface area contributed by atoms with Crippen LogP contribution in [0.25, 0.3) is 0 Å². The standard InChI is InChI=1S/C12H17ClN2O2/c1-12(2,14)11(16)15(3)8-5-6-10(17-4)9(13)7-8/h5-7H,14H2,1-4H3. The predicted molar refractivity (Wildman–Crippen MR) is 69.7 cm³/mol. The summed E-state index contributed by atoms with van der Waals surface area (Å²) in [6.45, 7) is 3.33. The van der Waals surface area contributed by atoms with Crippen molar-refractivity contribution in [2.24, 2.45) is 5.73 Å². The molecule has 0 atom stereocenters. The highest BCUT2D eigenvalue weighted by molar-refractivity contribution is 6.32. The molecule has 1 amide bonds. The number of hydrogen-bond donors (Lipinski definition) is 1. The summed E-state index contributed by atoms with van der Waals surface area (Å²) in [6.07, 6.45) is 0. The SMILES string of the molecule is COc1ccc(N(C)C(=O)C(C)(C)N)cc1Cl. The van der Waals surface area contributed by atoms with Gasteiger partial charge in [0.1, 0.15) is 5.75 Å². The van der Waals surface area contributed by atoms with Crippen LogP contribution < -0.4 is 15.4 Å². The van der Waals surface area contributed by atoms with Gasteiger partial charge in [-0.1, -0.05) is 11.6 Å². The van der Waals surface area contributed by atoms with Gasteiger partial charge in [0.15, 0.2) is 0 Å². The zero-order valence-corrected chi connectivity index (χ0v) is 11.2. The highest BCUT2D eigenvalue weighted by Gasteiger charge is 2.26. The third-order valence-corrected chi connectivity index (χ3v) is 2.67. The summed E-state index contributed by atoms with van der Waals surface area (Å²) < 4.78 is 5.05. The Morgan fingerprint density at radius 1 is 1.47 bits per heavy atom. The van der Waals surface area contributed by atoms with Crippen molar-refractivity contribution in [1.29, 1.82) is 0 Å². The first-order chi connectivity index (χ1) is 7.77. The Bertz CT molecular complexity index is 427. The summed E-state index contributed by atoms with van der Waals surface area (Å²) >= 11 is 6.00. The third-order valence-electron chi connectivity index (χ3n) is 2.38. The highest BCUT2D eigenvalue weighted by atomic mass is 35.5. The maximum absolute atomic E-state index is 12.0. The Labute approximate surface area is 106 Å². The smallest absolute Gasteiger partial charge is 0.246 e. The molecular formula is C12H17ClN2O2. The first-order valence-electron chi connectivity index (χ1n) is 5.18. The van der Waals surface area contributed by atoms with Crippen LogP contribution in [-0.4, -0.2) is 25.6 Å². The van der Waals surface area contributed by atoms with Crippen LogP contribution in [-0.2, 0) is 4.79 Å². The van der Waals surface area contributed by atoms with Crippen molar-refractivity contribution in [3.63, 3.8) is 0 Å². The maximum atomic E-state index is 12.0. The summed E-state index contributed by atoms with van der Waals surface area (Å²) in [4.78, 5) is 13.4. The van der Waals surface area contributed by atoms with Crippen LogP contribution in [0.5, 0.6) is 5.75 Å². The zero-order chi connectivity index (χ0) is 13.2. The van der Waals surface area contributed by atoms with Gasteiger partial charge < -0.3 is 15.4 Å². The number of nitrogens with two attached hydrogens (primary N) is 1. The molecule has 5 heteroatoms. The lowest BCUT2D eigenvalue weighted by atomic mass is 10.1. The van der Waals surface area contributed by atoms with E-state index in [-0.39, 0.29) is 5.91 Å². The number of rotatable bonds is 3. The molecule has 1 aromatic carbocycles. The minimum Gasteiger partial charge on any atom is -0.495 e. The molecule has 0 saturated heterocycles. The molecule has 0 bridgehead atoms. The van der Waals surface area contributed by atoms with Crippen molar-refractivity contribution in [1.82, 2.24) is 0 Å². The van der Waals surface area contributed by atoms with E-state index in [1.165, 1.54) is 4.90 Å². The van der Waals surface area contributed by atoms with Crippen molar-refractivity contribution in [3.05, 3.63) is 23.2 Å². The van der Waals surface area contributed by atoms with E-state index in [9.17, 15) is 4.79 Å². The van der Waals surface area contributed by atoms with Gasteiger partial charge in [0, 0.05) is 12.7 Å². The van der Waals surface area contributed by atoms with Crippen LogP contribution in [0.2, 0.25) is 5.02 Å². The van der Waals surface area contributed by atoms with Gasteiger partial charge in [0.25, 0.3) is 0 Å². The number of benzene rings is 1. The van der Waals surface area contributed by atoms with Gasteiger partial charge in [-0.25, -0.2) is 0 Å². The average molecular weight is 257 g/mol. The summed E-state index contributed by atoms with van der Waals surface area (Å²) in [7, 11) is 3.20. The lowest BCUT2D eigenvalue weighted by Crippen LogP contribution is -2.49. The number of hydrogen-bond acceptors (Lipinski definition) is 3. The molecule has 0 aliphatic rings. The number of anilines is 1. The Hall–Kier alpha value is -1.26. The van der Waals surface area contributed by atoms with Crippen molar-refractivity contribution in [2.45, 2.75) is 19.4 Å². The van der Waals surface area contributed by atoms with Crippen molar-refractivity contribution >= 4 is 23.2 Å². The predicted octanol–water partition coefficient (Wildman–Crippen LogP) is 2.05. The van der Waals surface area contributed by atoms with Crippen LogP contribution in [0.3, 0.4) is 0 Å². The molecule has 94 valence electrons. The van der Waals surface area contributed by atoms with E-state index >= 15 is 0 Å². The van der Waals surface area contributed by atoms with Crippen LogP contribution >= 0.6 is 11.6 Å². The second kappa shape index (κ2) is 4.94. The fourth-order valence-corrected chi connectivity index (χ4v) is 1.67. The molecule has 0 radical (unpaired) electrons. The fourth-order valence-electron chi connectivity index (χ4n) is 1.41. The fraction of sp³-hybridized carbons (Fsp3) is 0.417. The molecule has 4 nitrogen and oxygen atoms in total. The molecule has 0 unspecified atom stereocenters. The summed E-state index contributed by atoms with van der Waals surface area (Å²) in [5, 5.41) is 0.458. The molecule has 1 aromatic rings. The van der Waals surface area contributed by atoms with Gasteiger partial charge in [-0.05, 0) is 32.0 Å². The van der Waals surface area contributed by atoms with Gasteiger partial charge >= 0.3 is 0 Å². The molecule has 17 heavy (non-hydrogen) atoms. The maximum Gasteiger partial charge on any atom is 0.246 e. The van der Waals surface area contributed by atoms with Crippen molar-refractivity contribution in [3.8, 4) is 5.75 Å². The number of nitrogens with zero attached hydrogens (tertiary/aromatic N) is 1. The third kappa shape index (κ3) is 3.11. The average Bonchev–Trinajstić information content (AvgIpc) is 2.25. The topological polar surface area (TPSA) is 55.6 Å². The Morgan fingerprint density at radius 3 is 2.47 bits per heavy atom. The number of amides is 1. The quantitative estimate of drug-likeness (QED) is 0.901. The Morgan fingerprint density at radius 2 is 2.06 bits per heavy atom.